The normalized spacial score (nSPS) is 18.6. The van der Waals surface area contributed by atoms with Gasteiger partial charge in [-0.3, -0.25) is 0 Å². The summed E-state index contributed by atoms with van der Waals surface area (Å²) < 4.78 is 5.69. The lowest BCUT2D eigenvalue weighted by atomic mass is 10.0. The number of benzene rings is 1. The van der Waals surface area contributed by atoms with Crippen LogP contribution in [0.5, 0.6) is 5.75 Å². The molecule has 0 aromatic heterocycles. The number of fused-ring (bicyclic) bond motifs is 1. The van der Waals surface area contributed by atoms with E-state index >= 15 is 0 Å². The lowest BCUT2D eigenvalue weighted by molar-refractivity contribution is 0.138. The zero-order valence-electron chi connectivity index (χ0n) is 7.23. The number of halogens is 1. The molecule has 1 aliphatic rings. The molecule has 64 valence electrons. The summed E-state index contributed by atoms with van der Waals surface area (Å²) in [5, 5.41) is 0.818. The van der Waals surface area contributed by atoms with Crippen molar-refractivity contribution in [3.8, 4) is 5.75 Å². The molecule has 0 aliphatic carbocycles. The Kier molecular flexibility index (Phi) is 1.58. The highest BCUT2D eigenvalue weighted by Crippen LogP contribution is 2.38. The SMILES string of the molecule is CC1(C)Cc2c(Cl)cccc2O1. The van der Waals surface area contributed by atoms with Crippen molar-refractivity contribution in [2.75, 3.05) is 0 Å². The van der Waals surface area contributed by atoms with Gasteiger partial charge in [-0.15, -0.1) is 0 Å². The molecule has 0 radical (unpaired) electrons. The van der Waals surface area contributed by atoms with E-state index in [9.17, 15) is 0 Å². The zero-order valence-corrected chi connectivity index (χ0v) is 7.98. The molecule has 2 rings (SSSR count). The van der Waals surface area contributed by atoms with E-state index in [-0.39, 0.29) is 5.60 Å². The fourth-order valence-corrected chi connectivity index (χ4v) is 1.80. The molecule has 0 bridgehead atoms. The van der Waals surface area contributed by atoms with Gasteiger partial charge in [0.25, 0.3) is 0 Å². The van der Waals surface area contributed by atoms with E-state index < -0.39 is 0 Å². The van der Waals surface area contributed by atoms with E-state index in [1.165, 1.54) is 0 Å². The predicted molar refractivity (Wildman–Crippen MR) is 49.9 cm³/mol. The minimum Gasteiger partial charge on any atom is -0.487 e. The van der Waals surface area contributed by atoms with Gasteiger partial charge >= 0.3 is 0 Å². The average Bonchev–Trinajstić information content (AvgIpc) is 2.25. The predicted octanol–water partition coefficient (Wildman–Crippen LogP) is 3.05. The van der Waals surface area contributed by atoms with Crippen LogP contribution in [-0.4, -0.2) is 5.60 Å². The third-order valence-electron chi connectivity index (χ3n) is 2.06. The maximum Gasteiger partial charge on any atom is 0.124 e. The highest BCUT2D eigenvalue weighted by atomic mass is 35.5. The molecule has 2 heteroatoms. The quantitative estimate of drug-likeness (QED) is 0.599. The standard InChI is InChI=1S/C10H11ClO/c1-10(2)6-7-8(11)4-3-5-9(7)12-10/h3-5H,6H2,1-2H3. The summed E-state index contributed by atoms with van der Waals surface area (Å²) in [6.45, 7) is 4.15. The second kappa shape index (κ2) is 2.40. The Morgan fingerprint density at radius 1 is 1.42 bits per heavy atom. The number of rotatable bonds is 0. The van der Waals surface area contributed by atoms with Crippen LogP contribution in [0.2, 0.25) is 5.02 Å². The summed E-state index contributed by atoms with van der Waals surface area (Å²) in [6.07, 6.45) is 0.905. The van der Waals surface area contributed by atoms with Gasteiger partial charge in [-0.2, -0.15) is 0 Å². The van der Waals surface area contributed by atoms with Crippen LogP contribution in [0.25, 0.3) is 0 Å². The molecule has 1 aromatic rings. The van der Waals surface area contributed by atoms with Crippen molar-refractivity contribution < 1.29 is 4.74 Å². The zero-order chi connectivity index (χ0) is 8.77. The van der Waals surface area contributed by atoms with E-state index in [4.69, 9.17) is 16.3 Å². The molecule has 0 spiro atoms. The molecule has 0 N–H and O–H groups in total. The van der Waals surface area contributed by atoms with E-state index in [0.717, 1.165) is 22.8 Å². The van der Waals surface area contributed by atoms with Gasteiger partial charge in [0.1, 0.15) is 11.4 Å². The fourth-order valence-electron chi connectivity index (χ4n) is 1.57. The van der Waals surface area contributed by atoms with Crippen LogP contribution < -0.4 is 4.74 Å². The van der Waals surface area contributed by atoms with Gasteiger partial charge < -0.3 is 4.74 Å². The van der Waals surface area contributed by atoms with Gasteiger partial charge in [0.15, 0.2) is 0 Å². The van der Waals surface area contributed by atoms with Crippen LogP contribution in [0.15, 0.2) is 18.2 Å². The Balaban J connectivity index is 2.48. The van der Waals surface area contributed by atoms with Crippen LogP contribution >= 0.6 is 11.6 Å². The third-order valence-corrected chi connectivity index (χ3v) is 2.42. The Hall–Kier alpha value is -0.690. The molecule has 1 aliphatic heterocycles. The largest absolute Gasteiger partial charge is 0.487 e. The fraction of sp³-hybridized carbons (Fsp3) is 0.400. The topological polar surface area (TPSA) is 9.23 Å². The summed E-state index contributed by atoms with van der Waals surface area (Å²) in [4.78, 5) is 0. The third kappa shape index (κ3) is 1.18. The van der Waals surface area contributed by atoms with Gasteiger partial charge in [0.05, 0.1) is 0 Å². The van der Waals surface area contributed by atoms with Crippen molar-refractivity contribution in [3.63, 3.8) is 0 Å². The second-order valence-corrected chi connectivity index (χ2v) is 4.16. The first-order valence-corrected chi connectivity index (χ1v) is 4.43. The van der Waals surface area contributed by atoms with Crippen molar-refractivity contribution in [2.24, 2.45) is 0 Å². The molecular formula is C10H11ClO. The van der Waals surface area contributed by atoms with Gasteiger partial charge in [0, 0.05) is 17.0 Å². The molecule has 0 amide bonds. The average molecular weight is 183 g/mol. The molecule has 0 unspecified atom stereocenters. The Morgan fingerprint density at radius 2 is 2.17 bits per heavy atom. The molecule has 1 aromatic carbocycles. The lowest BCUT2D eigenvalue weighted by Gasteiger charge is -2.16. The summed E-state index contributed by atoms with van der Waals surface area (Å²) in [5.41, 5.74) is 1.05. The van der Waals surface area contributed by atoms with E-state index in [0.29, 0.717) is 0 Å². The molecule has 1 heterocycles. The number of hydrogen-bond acceptors (Lipinski definition) is 1. The van der Waals surface area contributed by atoms with Gasteiger partial charge in [0.2, 0.25) is 0 Å². The van der Waals surface area contributed by atoms with Crippen molar-refractivity contribution in [1.29, 1.82) is 0 Å². The van der Waals surface area contributed by atoms with E-state index in [1.54, 1.807) is 0 Å². The number of ether oxygens (including phenoxy) is 1. The van der Waals surface area contributed by atoms with Crippen molar-refractivity contribution in [1.82, 2.24) is 0 Å². The smallest absolute Gasteiger partial charge is 0.124 e. The molecule has 0 saturated carbocycles. The van der Waals surface area contributed by atoms with Gasteiger partial charge in [-0.1, -0.05) is 17.7 Å². The molecule has 12 heavy (non-hydrogen) atoms. The molecule has 0 saturated heterocycles. The van der Waals surface area contributed by atoms with Crippen LogP contribution in [0.4, 0.5) is 0 Å². The first kappa shape index (κ1) is 7.93. The lowest BCUT2D eigenvalue weighted by Crippen LogP contribution is -2.24. The monoisotopic (exact) mass is 182 g/mol. The Morgan fingerprint density at radius 3 is 2.83 bits per heavy atom. The second-order valence-electron chi connectivity index (χ2n) is 3.76. The summed E-state index contributed by atoms with van der Waals surface area (Å²) in [5.74, 6) is 0.938. The first-order valence-electron chi connectivity index (χ1n) is 4.05. The van der Waals surface area contributed by atoms with Crippen molar-refractivity contribution in [2.45, 2.75) is 25.9 Å². The maximum atomic E-state index is 6.02. The summed E-state index contributed by atoms with van der Waals surface area (Å²) in [6, 6.07) is 5.80. The van der Waals surface area contributed by atoms with Crippen LogP contribution in [0, 0.1) is 0 Å². The molecular weight excluding hydrogens is 172 g/mol. The molecule has 0 atom stereocenters. The van der Waals surface area contributed by atoms with Crippen LogP contribution in [-0.2, 0) is 6.42 Å². The van der Waals surface area contributed by atoms with Crippen LogP contribution in [0.1, 0.15) is 19.4 Å². The Labute approximate surface area is 77.3 Å². The van der Waals surface area contributed by atoms with Gasteiger partial charge in [-0.25, -0.2) is 0 Å². The minimum atomic E-state index is -0.0900. The molecule has 1 nitrogen and oxygen atoms in total. The van der Waals surface area contributed by atoms with Crippen molar-refractivity contribution >= 4 is 11.6 Å². The minimum absolute atomic E-state index is 0.0900. The molecule has 0 fully saturated rings. The van der Waals surface area contributed by atoms with E-state index in [1.807, 2.05) is 18.2 Å². The van der Waals surface area contributed by atoms with Gasteiger partial charge in [-0.05, 0) is 26.0 Å². The summed E-state index contributed by atoms with van der Waals surface area (Å²) in [7, 11) is 0. The summed E-state index contributed by atoms with van der Waals surface area (Å²) >= 11 is 6.02. The highest BCUT2D eigenvalue weighted by molar-refractivity contribution is 6.31. The first-order chi connectivity index (χ1) is 5.58. The highest BCUT2D eigenvalue weighted by Gasteiger charge is 2.31. The van der Waals surface area contributed by atoms with Crippen LogP contribution in [0.3, 0.4) is 0 Å². The number of hydrogen-bond donors (Lipinski definition) is 0. The Bertz CT molecular complexity index is 318. The maximum absolute atomic E-state index is 6.02. The van der Waals surface area contributed by atoms with E-state index in [2.05, 4.69) is 13.8 Å². The van der Waals surface area contributed by atoms with Crippen molar-refractivity contribution in [3.05, 3.63) is 28.8 Å².